The van der Waals surface area contributed by atoms with Crippen molar-refractivity contribution < 1.29 is 13.2 Å². The Bertz CT molecular complexity index is 670. The van der Waals surface area contributed by atoms with Gasteiger partial charge in [0.05, 0.1) is 11.5 Å². The molecule has 1 aromatic heterocycles. The van der Waals surface area contributed by atoms with Crippen molar-refractivity contribution in [2.24, 2.45) is 0 Å². The molecule has 0 spiro atoms. The number of carbonyl (C=O) groups is 1. The molecule has 1 saturated heterocycles. The van der Waals surface area contributed by atoms with E-state index in [0.717, 1.165) is 12.8 Å². The predicted molar refractivity (Wildman–Crippen MR) is 77.9 cm³/mol. The molecular weight excluding hydrogens is 292 g/mol. The molecule has 1 amide bonds. The topological polar surface area (TPSA) is 101 Å². The van der Waals surface area contributed by atoms with Crippen LogP contribution >= 0.6 is 0 Å². The lowest BCUT2D eigenvalue weighted by atomic mass is 10.2. The fraction of sp³-hybridized carbons (Fsp3) is 0.615. The van der Waals surface area contributed by atoms with E-state index >= 15 is 0 Å². The zero-order chi connectivity index (χ0) is 15.0. The molecule has 21 heavy (non-hydrogen) atoms. The van der Waals surface area contributed by atoms with E-state index in [1.807, 2.05) is 0 Å². The summed E-state index contributed by atoms with van der Waals surface area (Å²) in [5, 5.41) is 5.90. The van der Waals surface area contributed by atoms with Gasteiger partial charge in [-0.15, -0.1) is 0 Å². The summed E-state index contributed by atoms with van der Waals surface area (Å²) in [5.74, 6) is 0.258. The lowest BCUT2D eigenvalue weighted by molar-refractivity contribution is 0.0936. The molecule has 7 nitrogen and oxygen atoms in total. The number of rotatable bonds is 4. The van der Waals surface area contributed by atoms with Crippen molar-refractivity contribution >= 4 is 21.7 Å². The summed E-state index contributed by atoms with van der Waals surface area (Å²) in [4.78, 5) is 20.7. The summed E-state index contributed by atoms with van der Waals surface area (Å²) in [5.41, 5.74) is 0.979. The average Bonchev–Trinajstić information content (AvgIpc) is 3.12. The van der Waals surface area contributed by atoms with Crippen LogP contribution in [0.3, 0.4) is 0 Å². The van der Waals surface area contributed by atoms with Crippen LogP contribution in [0.2, 0.25) is 0 Å². The molecule has 1 aromatic rings. The van der Waals surface area contributed by atoms with Crippen LogP contribution in [0, 0.1) is 6.92 Å². The van der Waals surface area contributed by atoms with Crippen LogP contribution in [0.4, 0.5) is 5.95 Å². The van der Waals surface area contributed by atoms with E-state index in [-0.39, 0.29) is 29.1 Å². The van der Waals surface area contributed by atoms with Gasteiger partial charge < -0.3 is 10.6 Å². The number of aromatic nitrogens is 2. The van der Waals surface area contributed by atoms with E-state index in [0.29, 0.717) is 24.1 Å². The first-order valence-corrected chi connectivity index (χ1v) is 8.87. The fourth-order valence-electron chi connectivity index (χ4n) is 2.33. The van der Waals surface area contributed by atoms with Gasteiger partial charge in [-0.25, -0.2) is 18.4 Å². The highest BCUT2D eigenvalue weighted by atomic mass is 32.2. The minimum atomic E-state index is -3.01. The Morgan fingerprint density at radius 3 is 2.62 bits per heavy atom. The lowest BCUT2D eigenvalue weighted by Crippen LogP contribution is -2.36. The monoisotopic (exact) mass is 310 g/mol. The van der Waals surface area contributed by atoms with Gasteiger partial charge in [-0.1, -0.05) is 0 Å². The van der Waals surface area contributed by atoms with E-state index in [9.17, 15) is 13.2 Å². The SMILES string of the molecule is Cc1cc(C(=O)NC2CCS(=O)(=O)C2)nc(NC2CC2)n1. The van der Waals surface area contributed by atoms with E-state index in [4.69, 9.17) is 0 Å². The molecule has 8 heteroatoms. The molecule has 3 rings (SSSR count). The van der Waals surface area contributed by atoms with Crippen molar-refractivity contribution in [2.45, 2.75) is 38.3 Å². The Kier molecular flexibility index (Phi) is 3.56. The predicted octanol–water partition coefficient (Wildman–Crippen LogP) is 0.276. The molecule has 1 unspecified atom stereocenters. The Balaban J connectivity index is 1.70. The van der Waals surface area contributed by atoms with Crippen molar-refractivity contribution in [2.75, 3.05) is 16.8 Å². The van der Waals surface area contributed by atoms with Gasteiger partial charge in [-0.3, -0.25) is 4.79 Å². The zero-order valence-electron chi connectivity index (χ0n) is 11.8. The smallest absolute Gasteiger partial charge is 0.270 e. The number of hydrogen-bond donors (Lipinski definition) is 2. The third-order valence-electron chi connectivity index (χ3n) is 3.57. The van der Waals surface area contributed by atoms with Gasteiger partial charge in [0, 0.05) is 17.8 Å². The van der Waals surface area contributed by atoms with E-state index in [1.54, 1.807) is 13.0 Å². The van der Waals surface area contributed by atoms with Gasteiger partial charge in [0.25, 0.3) is 5.91 Å². The average molecular weight is 310 g/mol. The van der Waals surface area contributed by atoms with E-state index in [1.165, 1.54) is 0 Å². The van der Waals surface area contributed by atoms with Gasteiger partial charge in [0.15, 0.2) is 9.84 Å². The quantitative estimate of drug-likeness (QED) is 0.828. The van der Waals surface area contributed by atoms with Crippen molar-refractivity contribution in [1.29, 1.82) is 0 Å². The normalized spacial score (nSPS) is 23.8. The third-order valence-corrected chi connectivity index (χ3v) is 5.33. The van der Waals surface area contributed by atoms with Gasteiger partial charge >= 0.3 is 0 Å². The number of anilines is 1. The van der Waals surface area contributed by atoms with Gasteiger partial charge in [-0.05, 0) is 32.3 Å². The number of hydrogen-bond acceptors (Lipinski definition) is 6. The molecule has 0 bridgehead atoms. The molecule has 2 aliphatic rings. The summed E-state index contributed by atoms with van der Waals surface area (Å²) < 4.78 is 22.8. The second kappa shape index (κ2) is 5.25. The number of nitrogens with zero attached hydrogens (tertiary/aromatic N) is 2. The first-order valence-electron chi connectivity index (χ1n) is 7.05. The summed E-state index contributed by atoms with van der Waals surface area (Å²) in [7, 11) is -3.01. The number of carbonyl (C=O) groups excluding carboxylic acids is 1. The lowest BCUT2D eigenvalue weighted by Gasteiger charge is -2.11. The summed E-state index contributed by atoms with van der Waals surface area (Å²) >= 11 is 0. The van der Waals surface area contributed by atoms with Crippen molar-refractivity contribution in [1.82, 2.24) is 15.3 Å². The maximum absolute atomic E-state index is 12.2. The van der Waals surface area contributed by atoms with Crippen LogP contribution in [0.15, 0.2) is 6.07 Å². The molecule has 1 atom stereocenters. The van der Waals surface area contributed by atoms with Crippen LogP contribution in [0.1, 0.15) is 35.4 Å². The van der Waals surface area contributed by atoms with Crippen LogP contribution < -0.4 is 10.6 Å². The Hall–Kier alpha value is -1.70. The van der Waals surface area contributed by atoms with Gasteiger partial charge in [0.1, 0.15) is 5.69 Å². The number of aryl methyl sites for hydroxylation is 1. The second-order valence-corrected chi connectivity index (χ2v) is 7.94. The highest BCUT2D eigenvalue weighted by Gasteiger charge is 2.29. The summed E-state index contributed by atoms with van der Waals surface area (Å²) in [6.07, 6.45) is 2.66. The molecule has 2 fully saturated rings. The van der Waals surface area contributed by atoms with Crippen LogP contribution in [-0.4, -0.2) is 47.9 Å². The molecule has 1 saturated carbocycles. The molecule has 2 heterocycles. The Labute approximate surface area is 123 Å². The van der Waals surface area contributed by atoms with E-state index < -0.39 is 9.84 Å². The largest absolute Gasteiger partial charge is 0.351 e. The Morgan fingerprint density at radius 1 is 1.24 bits per heavy atom. The zero-order valence-corrected chi connectivity index (χ0v) is 12.6. The summed E-state index contributed by atoms with van der Waals surface area (Å²) in [6, 6.07) is 1.69. The maximum atomic E-state index is 12.2. The van der Waals surface area contributed by atoms with Crippen molar-refractivity contribution in [3.8, 4) is 0 Å². The minimum absolute atomic E-state index is 0.00991. The van der Waals surface area contributed by atoms with Gasteiger partial charge in [-0.2, -0.15) is 0 Å². The highest BCUT2D eigenvalue weighted by Crippen LogP contribution is 2.23. The van der Waals surface area contributed by atoms with Crippen molar-refractivity contribution in [3.63, 3.8) is 0 Å². The molecule has 1 aliphatic heterocycles. The number of sulfone groups is 1. The molecule has 1 aliphatic carbocycles. The first kappa shape index (κ1) is 14.2. The van der Waals surface area contributed by atoms with Crippen molar-refractivity contribution in [3.05, 3.63) is 17.5 Å². The fourth-order valence-corrected chi connectivity index (χ4v) is 4.00. The minimum Gasteiger partial charge on any atom is -0.351 e. The summed E-state index contributed by atoms with van der Waals surface area (Å²) in [6.45, 7) is 1.80. The molecule has 114 valence electrons. The molecule has 0 radical (unpaired) electrons. The van der Waals surface area contributed by atoms with E-state index in [2.05, 4.69) is 20.6 Å². The Morgan fingerprint density at radius 2 is 2.00 bits per heavy atom. The number of amides is 1. The van der Waals surface area contributed by atoms with Gasteiger partial charge in [0.2, 0.25) is 5.95 Å². The number of nitrogens with one attached hydrogen (secondary N) is 2. The maximum Gasteiger partial charge on any atom is 0.270 e. The third kappa shape index (κ3) is 3.69. The highest BCUT2D eigenvalue weighted by molar-refractivity contribution is 7.91. The standard InChI is InChI=1S/C13H18N4O3S/c1-8-6-11(17-13(14-8)16-9-2-3-9)12(18)15-10-4-5-21(19,20)7-10/h6,9-10H,2-5,7H2,1H3,(H,15,18)(H,14,16,17). The van der Waals surface area contributed by atoms with Crippen LogP contribution in [-0.2, 0) is 9.84 Å². The first-order chi connectivity index (χ1) is 9.91. The molecule has 0 aromatic carbocycles. The molecule has 2 N–H and O–H groups in total. The second-order valence-electron chi connectivity index (χ2n) is 5.71. The molecular formula is C13H18N4O3S. The van der Waals surface area contributed by atoms with Crippen LogP contribution in [0.5, 0.6) is 0 Å². The van der Waals surface area contributed by atoms with Crippen LogP contribution in [0.25, 0.3) is 0 Å².